The van der Waals surface area contributed by atoms with Gasteiger partial charge >= 0.3 is 0 Å². The number of likely N-dealkylation sites (tertiary alicyclic amines) is 1. The van der Waals surface area contributed by atoms with Gasteiger partial charge in [-0.15, -0.1) is 0 Å². The number of hydrogen-bond acceptors (Lipinski definition) is 5. The van der Waals surface area contributed by atoms with Gasteiger partial charge in [-0.3, -0.25) is 19.8 Å². The highest BCUT2D eigenvalue weighted by molar-refractivity contribution is 6.34. The molecule has 1 amide bonds. The van der Waals surface area contributed by atoms with Gasteiger partial charge in [0.05, 0.1) is 21.2 Å². The Morgan fingerprint density at radius 2 is 1.89 bits per heavy atom. The molecule has 0 aliphatic carbocycles. The molecule has 28 heavy (non-hydrogen) atoms. The number of carbonyl (C=O) groups is 1. The van der Waals surface area contributed by atoms with Crippen LogP contribution in [0.1, 0.15) is 35.2 Å². The molecule has 1 saturated heterocycles. The van der Waals surface area contributed by atoms with Crippen molar-refractivity contribution in [3.63, 3.8) is 0 Å². The van der Waals surface area contributed by atoms with Crippen molar-refractivity contribution in [1.82, 2.24) is 4.90 Å². The number of carbonyl (C=O) groups excluding carboxylic acids is 1. The molecule has 1 aliphatic heterocycles. The number of nitro groups is 1. The first-order valence-corrected chi connectivity index (χ1v) is 9.60. The Kier molecular flexibility index (Phi) is 6.39. The molecular formula is C19H19Cl2N3O4. The summed E-state index contributed by atoms with van der Waals surface area (Å²) < 4.78 is 0. The number of nitrogens with one attached hydrogen (secondary N) is 1. The van der Waals surface area contributed by atoms with E-state index in [0.717, 1.165) is 32.0 Å². The molecule has 0 aromatic heterocycles. The smallest absolute Gasteiger partial charge is 0.271 e. The van der Waals surface area contributed by atoms with Gasteiger partial charge < -0.3 is 10.4 Å². The highest BCUT2D eigenvalue weighted by Gasteiger charge is 2.20. The third kappa shape index (κ3) is 4.73. The highest BCUT2D eigenvalue weighted by atomic mass is 35.5. The molecule has 0 atom stereocenters. The minimum atomic E-state index is -0.601. The Morgan fingerprint density at radius 3 is 2.54 bits per heavy atom. The summed E-state index contributed by atoms with van der Waals surface area (Å²) in [5.41, 5.74) is 0.620. The molecule has 0 radical (unpaired) electrons. The van der Waals surface area contributed by atoms with E-state index in [0.29, 0.717) is 17.1 Å². The molecule has 2 N–H and O–H groups in total. The number of rotatable bonds is 5. The van der Waals surface area contributed by atoms with E-state index in [1.165, 1.54) is 24.6 Å². The van der Waals surface area contributed by atoms with Crippen molar-refractivity contribution < 1.29 is 14.8 Å². The minimum absolute atomic E-state index is 0.0222. The number of nitro benzene ring substituents is 1. The first-order valence-electron chi connectivity index (χ1n) is 8.84. The van der Waals surface area contributed by atoms with E-state index in [2.05, 4.69) is 10.2 Å². The lowest BCUT2D eigenvalue weighted by Gasteiger charge is -2.27. The second kappa shape index (κ2) is 8.77. The summed E-state index contributed by atoms with van der Waals surface area (Å²) in [6.07, 6.45) is 3.41. The maximum Gasteiger partial charge on any atom is 0.271 e. The molecule has 0 spiro atoms. The Morgan fingerprint density at radius 1 is 1.18 bits per heavy atom. The van der Waals surface area contributed by atoms with E-state index >= 15 is 0 Å². The SMILES string of the molecule is O=C(Nc1ccc([N+](=O)[O-])cc1Cl)c1cc(Cl)cc(CN2CCCCC2)c1O. The third-order valence-electron chi connectivity index (χ3n) is 4.65. The van der Waals surface area contributed by atoms with Gasteiger partial charge in [-0.1, -0.05) is 29.6 Å². The van der Waals surface area contributed by atoms with Crippen molar-refractivity contribution in [3.8, 4) is 5.75 Å². The number of amides is 1. The van der Waals surface area contributed by atoms with Crippen LogP contribution in [0.5, 0.6) is 5.75 Å². The normalized spacial score (nSPS) is 14.6. The maximum atomic E-state index is 12.7. The van der Waals surface area contributed by atoms with Crippen molar-refractivity contribution >= 4 is 40.5 Å². The van der Waals surface area contributed by atoms with Gasteiger partial charge in [0.2, 0.25) is 0 Å². The number of benzene rings is 2. The average molecular weight is 424 g/mol. The fourth-order valence-corrected chi connectivity index (χ4v) is 3.68. The van der Waals surface area contributed by atoms with Crippen molar-refractivity contribution in [2.75, 3.05) is 18.4 Å². The summed E-state index contributed by atoms with van der Waals surface area (Å²) in [6.45, 7) is 2.38. The Labute approximate surface area is 172 Å². The largest absolute Gasteiger partial charge is 0.507 e. The lowest BCUT2D eigenvalue weighted by molar-refractivity contribution is -0.384. The predicted octanol–water partition coefficient (Wildman–Crippen LogP) is 4.85. The molecule has 9 heteroatoms. The van der Waals surface area contributed by atoms with E-state index in [9.17, 15) is 20.0 Å². The van der Waals surface area contributed by atoms with Crippen LogP contribution in [0.4, 0.5) is 11.4 Å². The van der Waals surface area contributed by atoms with Crippen LogP contribution in [0.15, 0.2) is 30.3 Å². The Bertz CT molecular complexity index is 914. The average Bonchev–Trinajstić information content (AvgIpc) is 2.66. The van der Waals surface area contributed by atoms with Gasteiger partial charge in [0.25, 0.3) is 11.6 Å². The number of phenolic OH excluding ortho intramolecular Hbond substituents is 1. The number of piperidine rings is 1. The third-order valence-corrected chi connectivity index (χ3v) is 5.18. The van der Waals surface area contributed by atoms with Crippen molar-refractivity contribution in [2.45, 2.75) is 25.8 Å². The van der Waals surface area contributed by atoms with Gasteiger partial charge in [0.15, 0.2) is 0 Å². The highest BCUT2D eigenvalue weighted by Crippen LogP contribution is 2.31. The zero-order valence-corrected chi connectivity index (χ0v) is 16.5. The second-order valence-electron chi connectivity index (χ2n) is 6.67. The van der Waals surface area contributed by atoms with Gasteiger partial charge in [-0.2, -0.15) is 0 Å². The quantitative estimate of drug-likeness (QED) is 0.529. The summed E-state index contributed by atoms with van der Waals surface area (Å²) in [7, 11) is 0. The number of phenols is 1. The molecule has 7 nitrogen and oxygen atoms in total. The number of aromatic hydroxyl groups is 1. The molecular weight excluding hydrogens is 405 g/mol. The number of anilines is 1. The molecule has 1 fully saturated rings. The lowest BCUT2D eigenvalue weighted by atomic mass is 10.1. The van der Waals surface area contributed by atoms with E-state index in [1.807, 2.05) is 0 Å². The zero-order chi connectivity index (χ0) is 20.3. The molecule has 1 heterocycles. The molecule has 148 valence electrons. The topological polar surface area (TPSA) is 95.7 Å². The fraction of sp³-hybridized carbons (Fsp3) is 0.316. The number of hydrogen-bond donors (Lipinski definition) is 2. The van der Waals surface area contributed by atoms with Crippen LogP contribution in [0.25, 0.3) is 0 Å². The number of non-ortho nitro benzene ring substituents is 1. The van der Waals surface area contributed by atoms with Crippen LogP contribution in [0.3, 0.4) is 0 Å². The van der Waals surface area contributed by atoms with Gasteiger partial charge in [-0.25, -0.2) is 0 Å². The standard InChI is InChI=1S/C19H19Cl2N3O4/c20-13-8-12(11-23-6-2-1-3-7-23)18(25)15(9-13)19(26)22-17-5-4-14(24(27)28)10-16(17)21/h4-5,8-10,25H,1-3,6-7,11H2,(H,22,26). The van der Waals surface area contributed by atoms with E-state index in [-0.39, 0.29) is 27.7 Å². The van der Waals surface area contributed by atoms with E-state index in [1.54, 1.807) is 6.07 Å². The van der Waals surface area contributed by atoms with Gasteiger partial charge in [0, 0.05) is 29.3 Å². The summed E-state index contributed by atoms with van der Waals surface area (Å²) >= 11 is 12.2. The molecule has 2 aromatic carbocycles. The molecule has 0 saturated carbocycles. The molecule has 3 rings (SSSR count). The van der Waals surface area contributed by atoms with Crippen LogP contribution in [-0.4, -0.2) is 33.9 Å². The fourth-order valence-electron chi connectivity index (χ4n) is 3.22. The first-order chi connectivity index (χ1) is 13.3. The molecule has 2 aromatic rings. The first kappa shape index (κ1) is 20.4. The van der Waals surface area contributed by atoms with Crippen LogP contribution < -0.4 is 5.32 Å². The second-order valence-corrected chi connectivity index (χ2v) is 7.52. The maximum absolute atomic E-state index is 12.7. The summed E-state index contributed by atoms with van der Waals surface area (Å²) in [5, 5.41) is 24.3. The van der Waals surface area contributed by atoms with Crippen LogP contribution in [-0.2, 0) is 6.54 Å². The molecule has 0 bridgehead atoms. The van der Waals surface area contributed by atoms with Crippen molar-refractivity contribution in [1.29, 1.82) is 0 Å². The van der Waals surface area contributed by atoms with E-state index in [4.69, 9.17) is 23.2 Å². The lowest BCUT2D eigenvalue weighted by Crippen LogP contribution is -2.29. The Hall–Kier alpha value is -2.35. The van der Waals surface area contributed by atoms with Crippen molar-refractivity contribution in [2.24, 2.45) is 0 Å². The summed E-state index contributed by atoms with van der Waals surface area (Å²) in [6, 6.07) is 6.76. The van der Waals surface area contributed by atoms with Crippen LogP contribution in [0, 0.1) is 10.1 Å². The molecule has 1 aliphatic rings. The van der Waals surface area contributed by atoms with Gasteiger partial charge in [-0.05, 0) is 44.1 Å². The summed E-state index contributed by atoms with van der Waals surface area (Å²) in [4.78, 5) is 25.1. The minimum Gasteiger partial charge on any atom is -0.507 e. The molecule has 0 unspecified atom stereocenters. The Balaban J connectivity index is 1.82. The zero-order valence-electron chi connectivity index (χ0n) is 15.0. The summed E-state index contributed by atoms with van der Waals surface area (Å²) in [5.74, 6) is -0.735. The van der Waals surface area contributed by atoms with Gasteiger partial charge in [0.1, 0.15) is 5.75 Å². The van der Waals surface area contributed by atoms with E-state index < -0.39 is 10.8 Å². The predicted molar refractivity (Wildman–Crippen MR) is 108 cm³/mol. The number of halogens is 2. The number of nitrogens with zero attached hydrogens (tertiary/aromatic N) is 2. The van der Waals surface area contributed by atoms with Crippen molar-refractivity contribution in [3.05, 3.63) is 61.6 Å². The van der Waals surface area contributed by atoms with Crippen LogP contribution in [0.2, 0.25) is 10.0 Å². The monoisotopic (exact) mass is 423 g/mol. The van der Waals surface area contributed by atoms with Crippen LogP contribution >= 0.6 is 23.2 Å².